The molecule has 0 heterocycles. The molecule has 0 fully saturated rings. The van der Waals surface area contributed by atoms with E-state index in [0.717, 1.165) is 0 Å². The highest BCUT2D eigenvalue weighted by atomic mass is 79.9. The van der Waals surface area contributed by atoms with E-state index in [1.807, 2.05) is 16.3 Å². The predicted molar refractivity (Wildman–Crippen MR) is 29.6 cm³/mol. The second-order valence-corrected chi connectivity index (χ2v) is 1.19. The maximum absolute atomic E-state index is 10.9. The number of hydrogen-bond donors (Lipinski definition) is 0. The SMILES string of the molecule is O=C(OBr)C(F)(F)F.[MgH2]. The summed E-state index contributed by atoms with van der Waals surface area (Å²) < 4.78 is 36.0. The van der Waals surface area contributed by atoms with Gasteiger partial charge in [0.25, 0.3) is 0 Å². The van der Waals surface area contributed by atoms with Gasteiger partial charge in [0.15, 0.2) is 16.3 Å². The molecule has 0 rings (SSSR count). The van der Waals surface area contributed by atoms with Gasteiger partial charge in [-0.3, -0.25) is 0 Å². The van der Waals surface area contributed by atoms with Gasteiger partial charge in [0, 0.05) is 0 Å². The van der Waals surface area contributed by atoms with Gasteiger partial charge in [-0.2, -0.15) is 13.2 Å². The first-order valence-corrected chi connectivity index (χ1v) is 2.03. The van der Waals surface area contributed by atoms with Crippen molar-refractivity contribution in [2.45, 2.75) is 6.18 Å². The molecule has 0 radical (unpaired) electrons. The molecule has 0 saturated carbocycles. The molecule has 0 saturated heterocycles. The van der Waals surface area contributed by atoms with Crippen LogP contribution >= 0.6 is 16.3 Å². The van der Waals surface area contributed by atoms with Crippen molar-refractivity contribution in [1.82, 2.24) is 0 Å². The summed E-state index contributed by atoms with van der Waals surface area (Å²) in [6, 6.07) is 0. The van der Waals surface area contributed by atoms with E-state index in [-0.39, 0.29) is 23.1 Å². The minimum Gasteiger partial charge on any atom is -0.377 e. The summed E-state index contributed by atoms with van der Waals surface area (Å²) in [5.41, 5.74) is 0. The van der Waals surface area contributed by atoms with E-state index in [4.69, 9.17) is 0 Å². The quantitative estimate of drug-likeness (QED) is 0.554. The molecule has 0 unspecified atom stereocenters. The molecule has 0 aliphatic carbocycles. The molecular formula is C2H2BrF3MgO2. The predicted octanol–water partition coefficient (Wildman–Crippen LogP) is 0.486. The van der Waals surface area contributed by atoms with Crippen molar-refractivity contribution in [3.8, 4) is 0 Å². The largest absolute Gasteiger partial charge is 0.491 e. The highest BCUT2D eigenvalue weighted by Gasteiger charge is 2.40. The van der Waals surface area contributed by atoms with Crippen LogP contribution in [0.4, 0.5) is 13.2 Å². The van der Waals surface area contributed by atoms with Crippen molar-refractivity contribution in [3.63, 3.8) is 0 Å². The minimum atomic E-state index is -4.90. The summed E-state index contributed by atoms with van der Waals surface area (Å²) in [6.45, 7) is 0. The number of carbonyl (C=O) groups is 1. The van der Waals surface area contributed by atoms with Gasteiger partial charge in [-0.25, -0.2) is 4.79 Å². The smallest absolute Gasteiger partial charge is 0.377 e. The van der Waals surface area contributed by atoms with Crippen LogP contribution in [0.2, 0.25) is 0 Å². The van der Waals surface area contributed by atoms with E-state index in [2.05, 4.69) is 3.83 Å². The van der Waals surface area contributed by atoms with Gasteiger partial charge in [-0.15, -0.1) is 0 Å². The first kappa shape index (κ1) is 12.2. The van der Waals surface area contributed by atoms with Gasteiger partial charge in [-0.05, 0) is 0 Å². The van der Waals surface area contributed by atoms with Gasteiger partial charge in [0.05, 0.1) is 0 Å². The average molecular weight is 219 g/mol. The van der Waals surface area contributed by atoms with Crippen molar-refractivity contribution in [3.05, 3.63) is 0 Å². The topological polar surface area (TPSA) is 26.3 Å². The van der Waals surface area contributed by atoms with Crippen molar-refractivity contribution in [2.75, 3.05) is 0 Å². The fourth-order valence-electron chi connectivity index (χ4n) is 0.0437. The average Bonchev–Trinajstić information content (AvgIpc) is 1.62. The monoisotopic (exact) mass is 218 g/mol. The van der Waals surface area contributed by atoms with E-state index < -0.39 is 12.1 Å². The number of hydrogen-bond acceptors (Lipinski definition) is 2. The Bertz CT molecular complexity index is 102. The summed E-state index contributed by atoms with van der Waals surface area (Å²) in [5, 5.41) is 0. The van der Waals surface area contributed by atoms with Crippen molar-refractivity contribution in [1.29, 1.82) is 0 Å². The third kappa shape index (κ3) is 4.98. The van der Waals surface area contributed by atoms with Crippen molar-refractivity contribution < 1.29 is 21.8 Å². The van der Waals surface area contributed by atoms with Crippen LogP contribution in [0.1, 0.15) is 0 Å². The number of halogens is 4. The molecule has 0 aliphatic rings. The van der Waals surface area contributed by atoms with Gasteiger partial charge in [0.1, 0.15) is 0 Å². The zero-order chi connectivity index (χ0) is 6.78. The highest BCUT2D eigenvalue weighted by Crippen LogP contribution is 2.17. The lowest BCUT2D eigenvalue weighted by atomic mass is 10.7. The molecule has 0 atom stereocenters. The second-order valence-electron chi connectivity index (χ2n) is 0.862. The second kappa shape index (κ2) is 4.34. The summed E-state index contributed by atoms with van der Waals surface area (Å²) in [7, 11) is 0. The Hall–Kier alpha value is 0.506. The Morgan fingerprint density at radius 2 is 1.78 bits per heavy atom. The first-order valence-electron chi connectivity index (χ1n) is 1.38. The Labute approximate surface area is 73.3 Å². The number of carbonyl (C=O) groups excluding carboxylic acids is 1. The Morgan fingerprint density at radius 3 is 1.78 bits per heavy atom. The van der Waals surface area contributed by atoms with E-state index in [1.165, 1.54) is 0 Å². The lowest BCUT2D eigenvalue weighted by molar-refractivity contribution is -0.187. The zero-order valence-electron chi connectivity index (χ0n) is 3.33. The minimum absolute atomic E-state index is 0. The van der Waals surface area contributed by atoms with E-state index >= 15 is 0 Å². The molecule has 0 N–H and O–H groups in total. The van der Waals surface area contributed by atoms with Crippen LogP contribution in [0.15, 0.2) is 0 Å². The van der Waals surface area contributed by atoms with Gasteiger partial charge >= 0.3 is 35.2 Å². The van der Waals surface area contributed by atoms with Crippen molar-refractivity contribution >= 4 is 45.3 Å². The van der Waals surface area contributed by atoms with Crippen molar-refractivity contribution in [2.24, 2.45) is 0 Å². The van der Waals surface area contributed by atoms with E-state index in [9.17, 15) is 18.0 Å². The Morgan fingerprint density at radius 1 is 1.44 bits per heavy atom. The van der Waals surface area contributed by atoms with Crippen LogP contribution < -0.4 is 0 Å². The summed E-state index contributed by atoms with van der Waals surface area (Å²) in [6.07, 6.45) is -4.90. The maximum Gasteiger partial charge on any atom is 0.491 e. The summed E-state index contributed by atoms with van der Waals surface area (Å²) in [5.74, 6) is -2.25. The third-order valence-corrected chi connectivity index (χ3v) is 0.596. The molecule has 0 amide bonds. The fraction of sp³-hybridized carbons (Fsp3) is 0.500. The Kier molecular flexibility index (Phi) is 5.89. The molecule has 9 heavy (non-hydrogen) atoms. The van der Waals surface area contributed by atoms with Gasteiger partial charge in [0.2, 0.25) is 0 Å². The standard InChI is InChI=1S/C2BrF3O2.Mg.2H/c3-8-1(7)2(4,5)6;;;. The van der Waals surface area contributed by atoms with Crippen LogP contribution in [0.5, 0.6) is 0 Å². The summed E-state index contributed by atoms with van der Waals surface area (Å²) in [4.78, 5) is 9.44. The van der Waals surface area contributed by atoms with Crippen LogP contribution in [0.3, 0.4) is 0 Å². The molecule has 0 bridgehead atoms. The number of alkyl halides is 3. The Balaban J connectivity index is 0. The van der Waals surface area contributed by atoms with Crippen LogP contribution in [-0.2, 0) is 8.62 Å². The molecule has 7 heteroatoms. The molecule has 0 aromatic heterocycles. The third-order valence-electron chi connectivity index (χ3n) is 0.302. The van der Waals surface area contributed by atoms with Crippen LogP contribution in [0.25, 0.3) is 0 Å². The highest BCUT2D eigenvalue weighted by molar-refractivity contribution is 9.06. The van der Waals surface area contributed by atoms with E-state index in [0.29, 0.717) is 0 Å². The normalized spacial score (nSPS) is 9.78. The van der Waals surface area contributed by atoms with Gasteiger partial charge in [-0.1, -0.05) is 0 Å². The van der Waals surface area contributed by atoms with E-state index in [1.54, 1.807) is 0 Å². The lowest BCUT2D eigenvalue weighted by Crippen LogP contribution is -2.21. The van der Waals surface area contributed by atoms with Crippen LogP contribution in [0, 0.1) is 0 Å². The molecule has 0 aromatic rings. The molecule has 0 aromatic carbocycles. The molecular weight excluding hydrogens is 217 g/mol. The molecule has 52 valence electrons. The lowest BCUT2D eigenvalue weighted by Gasteiger charge is -1.97. The maximum atomic E-state index is 10.9. The molecule has 0 aliphatic heterocycles. The van der Waals surface area contributed by atoms with Gasteiger partial charge < -0.3 is 3.83 Å². The number of rotatable bonds is 0. The molecule has 2 nitrogen and oxygen atoms in total. The first-order chi connectivity index (χ1) is 3.48. The summed E-state index contributed by atoms with van der Waals surface area (Å²) >= 11 is 1.88. The van der Waals surface area contributed by atoms with Crippen LogP contribution in [-0.4, -0.2) is 35.2 Å². The zero-order valence-corrected chi connectivity index (χ0v) is 4.91. The fourth-order valence-corrected chi connectivity index (χ4v) is 0.227. The molecule has 0 spiro atoms.